The Morgan fingerprint density at radius 1 is 1.11 bits per heavy atom. The number of piperazine rings is 1. The molecular formula is C19H30N4O4S. The summed E-state index contributed by atoms with van der Waals surface area (Å²) in [4.78, 5) is 27.8. The summed E-state index contributed by atoms with van der Waals surface area (Å²) in [5.74, 6) is -0.150. The molecule has 0 bridgehead atoms. The number of carbonyl (C=O) groups excluding carboxylic acids is 2. The standard InChI is InChI=1S/C19H30N4O4S/c1-5-23(6-2)28(26,27)17-8-7-15(3)18(13-17)20-19(25)14-21-9-11-22(12-10-21)16(4)24/h7-8,13H,5-6,9-12,14H2,1-4H3,(H,20,25). The van der Waals surface area contributed by atoms with Crippen molar-refractivity contribution in [2.75, 3.05) is 51.1 Å². The largest absolute Gasteiger partial charge is 0.340 e. The first-order valence-corrected chi connectivity index (χ1v) is 11.0. The Morgan fingerprint density at radius 2 is 1.71 bits per heavy atom. The number of rotatable bonds is 7. The van der Waals surface area contributed by atoms with Crippen molar-refractivity contribution in [3.63, 3.8) is 0 Å². The van der Waals surface area contributed by atoms with Crippen molar-refractivity contribution >= 4 is 27.5 Å². The van der Waals surface area contributed by atoms with E-state index in [1.807, 2.05) is 11.8 Å². The smallest absolute Gasteiger partial charge is 0.243 e. The zero-order valence-corrected chi connectivity index (χ0v) is 17.9. The van der Waals surface area contributed by atoms with Crippen molar-refractivity contribution in [3.05, 3.63) is 23.8 Å². The number of nitrogens with zero attached hydrogens (tertiary/aromatic N) is 3. The maximum atomic E-state index is 12.7. The van der Waals surface area contributed by atoms with Crippen LogP contribution < -0.4 is 5.32 Å². The molecule has 1 aliphatic rings. The lowest BCUT2D eigenvalue weighted by Gasteiger charge is -2.33. The van der Waals surface area contributed by atoms with Gasteiger partial charge in [-0.25, -0.2) is 8.42 Å². The number of benzene rings is 1. The Morgan fingerprint density at radius 3 is 2.25 bits per heavy atom. The van der Waals surface area contributed by atoms with Crippen LogP contribution in [0.5, 0.6) is 0 Å². The highest BCUT2D eigenvalue weighted by molar-refractivity contribution is 7.89. The molecule has 0 spiro atoms. The molecule has 2 amide bonds. The van der Waals surface area contributed by atoms with E-state index >= 15 is 0 Å². The maximum absolute atomic E-state index is 12.7. The lowest BCUT2D eigenvalue weighted by atomic mass is 10.2. The summed E-state index contributed by atoms with van der Waals surface area (Å²) in [7, 11) is -3.58. The Balaban J connectivity index is 2.06. The number of hydrogen-bond donors (Lipinski definition) is 1. The number of carbonyl (C=O) groups is 2. The van der Waals surface area contributed by atoms with Gasteiger partial charge in [0.05, 0.1) is 11.4 Å². The molecule has 0 aromatic heterocycles. The molecule has 28 heavy (non-hydrogen) atoms. The summed E-state index contributed by atoms with van der Waals surface area (Å²) in [6, 6.07) is 4.80. The second-order valence-corrected chi connectivity index (χ2v) is 8.83. The van der Waals surface area contributed by atoms with E-state index in [4.69, 9.17) is 0 Å². The van der Waals surface area contributed by atoms with Gasteiger partial charge in [0.2, 0.25) is 21.8 Å². The molecule has 1 N–H and O–H groups in total. The molecule has 8 nitrogen and oxygen atoms in total. The van der Waals surface area contributed by atoms with Crippen LogP contribution in [0.1, 0.15) is 26.3 Å². The highest BCUT2D eigenvalue weighted by Crippen LogP contribution is 2.23. The summed E-state index contributed by atoms with van der Waals surface area (Å²) in [5.41, 5.74) is 1.30. The van der Waals surface area contributed by atoms with Crippen molar-refractivity contribution < 1.29 is 18.0 Å². The highest BCUT2D eigenvalue weighted by Gasteiger charge is 2.23. The van der Waals surface area contributed by atoms with Crippen molar-refractivity contribution in [1.29, 1.82) is 0 Å². The zero-order chi connectivity index (χ0) is 20.9. The minimum Gasteiger partial charge on any atom is -0.340 e. The second kappa shape index (κ2) is 9.49. The summed E-state index contributed by atoms with van der Waals surface area (Å²) < 4.78 is 26.8. The van der Waals surface area contributed by atoms with E-state index in [-0.39, 0.29) is 23.3 Å². The van der Waals surface area contributed by atoms with Crippen LogP contribution in [0.15, 0.2) is 23.1 Å². The Kier molecular flexibility index (Phi) is 7.56. The molecule has 0 unspecified atom stereocenters. The van der Waals surface area contributed by atoms with E-state index in [1.165, 1.54) is 10.4 Å². The van der Waals surface area contributed by atoms with Crippen molar-refractivity contribution in [3.8, 4) is 0 Å². The fraction of sp³-hybridized carbons (Fsp3) is 0.579. The number of nitrogens with one attached hydrogen (secondary N) is 1. The van der Waals surface area contributed by atoms with Gasteiger partial charge in [0.25, 0.3) is 0 Å². The van der Waals surface area contributed by atoms with Crippen LogP contribution in [0, 0.1) is 6.92 Å². The maximum Gasteiger partial charge on any atom is 0.243 e. The molecule has 1 aliphatic heterocycles. The number of anilines is 1. The monoisotopic (exact) mass is 410 g/mol. The van der Waals surface area contributed by atoms with E-state index in [0.29, 0.717) is 45.0 Å². The number of hydrogen-bond acceptors (Lipinski definition) is 5. The van der Waals surface area contributed by atoms with Crippen LogP contribution in [-0.4, -0.2) is 80.2 Å². The molecule has 9 heteroatoms. The number of sulfonamides is 1. The predicted molar refractivity (Wildman–Crippen MR) is 109 cm³/mol. The van der Waals surface area contributed by atoms with Gasteiger partial charge >= 0.3 is 0 Å². The first kappa shape index (κ1) is 22.3. The van der Waals surface area contributed by atoms with Crippen molar-refractivity contribution in [2.45, 2.75) is 32.6 Å². The van der Waals surface area contributed by atoms with Gasteiger partial charge < -0.3 is 10.2 Å². The van der Waals surface area contributed by atoms with E-state index < -0.39 is 10.0 Å². The molecule has 1 saturated heterocycles. The van der Waals surface area contributed by atoms with Gasteiger partial charge in [-0.3, -0.25) is 14.5 Å². The molecule has 1 fully saturated rings. The Hall–Kier alpha value is -1.97. The van der Waals surface area contributed by atoms with Crippen LogP contribution in [-0.2, 0) is 19.6 Å². The molecule has 0 saturated carbocycles. The minimum atomic E-state index is -3.58. The van der Waals surface area contributed by atoms with Crippen LogP contribution in [0.2, 0.25) is 0 Å². The SMILES string of the molecule is CCN(CC)S(=O)(=O)c1ccc(C)c(NC(=O)CN2CCN(C(C)=O)CC2)c1. The summed E-state index contributed by atoms with van der Waals surface area (Å²) in [5, 5.41) is 2.83. The van der Waals surface area contributed by atoms with E-state index in [1.54, 1.807) is 37.8 Å². The molecule has 0 aliphatic carbocycles. The van der Waals surface area contributed by atoms with Gasteiger partial charge in [0.1, 0.15) is 0 Å². The molecular weight excluding hydrogens is 380 g/mol. The van der Waals surface area contributed by atoms with Gasteiger partial charge in [-0.2, -0.15) is 4.31 Å². The average molecular weight is 411 g/mol. The third-order valence-corrected chi connectivity index (χ3v) is 7.06. The summed E-state index contributed by atoms with van der Waals surface area (Å²) in [6.45, 7) is 10.5. The van der Waals surface area contributed by atoms with Gasteiger partial charge in [0.15, 0.2) is 0 Å². The number of aryl methyl sites for hydroxylation is 1. The first-order chi connectivity index (χ1) is 13.2. The normalized spacial score (nSPS) is 15.7. The van der Waals surface area contributed by atoms with E-state index in [9.17, 15) is 18.0 Å². The molecule has 0 radical (unpaired) electrons. The fourth-order valence-electron chi connectivity index (χ4n) is 3.22. The van der Waals surface area contributed by atoms with E-state index in [2.05, 4.69) is 5.32 Å². The zero-order valence-electron chi connectivity index (χ0n) is 17.1. The molecule has 1 aromatic rings. The summed E-state index contributed by atoms with van der Waals surface area (Å²) >= 11 is 0. The Bertz CT molecular complexity index is 813. The lowest BCUT2D eigenvalue weighted by molar-refractivity contribution is -0.130. The van der Waals surface area contributed by atoms with Crippen LogP contribution in [0.25, 0.3) is 0 Å². The molecule has 1 heterocycles. The molecule has 1 aromatic carbocycles. The topological polar surface area (TPSA) is 90.0 Å². The summed E-state index contributed by atoms with van der Waals surface area (Å²) in [6.07, 6.45) is 0. The molecule has 156 valence electrons. The highest BCUT2D eigenvalue weighted by atomic mass is 32.2. The van der Waals surface area contributed by atoms with Gasteiger partial charge in [0, 0.05) is 51.9 Å². The third-order valence-electron chi connectivity index (χ3n) is 5.01. The molecule has 0 atom stereocenters. The number of amides is 2. The van der Waals surface area contributed by atoms with Crippen molar-refractivity contribution in [2.24, 2.45) is 0 Å². The lowest BCUT2D eigenvalue weighted by Crippen LogP contribution is -2.49. The van der Waals surface area contributed by atoms with Crippen LogP contribution in [0.4, 0.5) is 5.69 Å². The first-order valence-electron chi connectivity index (χ1n) is 9.57. The van der Waals surface area contributed by atoms with Crippen LogP contribution in [0.3, 0.4) is 0 Å². The molecule has 2 rings (SSSR count). The second-order valence-electron chi connectivity index (χ2n) is 6.90. The van der Waals surface area contributed by atoms with Gasteiger partial charge in [-0.05, 0) is 24.6 Å². The fourth-order valence-corrected chi connectivity index (χ4v) is 4.71. The average Bonchev–Trinajstić information content (AvgIpc) is 2.64. The predicted octanol–water partition coefficient (Wildman–Crippen LogP) is 1.13. The minimum absolute atomic E-state index is 0.0472. The third kappa shape index (κ3) is 5.30. The van der Waals surface area contributed by atoms with E-state index in [0.717, 1.165) is 5.56 Å². The van der Waals surface area contributed by atoms with Gasteiger partial charge in [-0.1, -0.05) is 19.9 Å². The van der Waals surface area contributed by atoms with Crippen LogP contribution >= 0.6 is 0 Å². The van der Waals surface area contributed by atoms with Gasteiger partial charge in [-0.15, -0.1) is 0 Å². The van der Waals surface area contributed by atoms with Crippen molar-refractivity contribution in [1.82, 2.24) is 14.1 Å². The quantitative estimate of drug-likeness (QED) is 0.728. The Labute approximate surface area is 167 Å².